The third kappa shape index (κ3) is 4.90. The van der Waals surface area contributed by atoms with E-state index >= 15 is 0 Å². The van der Waals surface area contributed by atoms with Crippen LogP contribution in [-0.2, 0) is 21.4 Å². The van der Waals surface area contributed by atoms with E-state index in [9.17, 15) is 13.2 Å². The topological polar surface area (TPSA) is 110 Å². The zero-order chi connectivity index (χ0) is 23.8. The van der Waals surface area contributed by atoms with Crippen LogP contribution in [-0.4, -0.2) is 53.8 Å². The SMILES string of the molecule is Cc1sc(-c2noc(C(C)C)n2)cc1S(=O)(=O)N1CCC[C@@H](C(=O)N(C)Cc2ccco2)C1. The van der Waals surface area contributed by atoms with Crippen LogP contribution in [0.2, 0.25) is 0 Å². The number of hydrogen-bond donors (Lipinski definition) is 0. The molecular weight excluding hydrogens is 464 g/mol. The molecule has 1 amide bonds. The third-order valence-electron chi connectivity index (χ3n) is 5.73. The van der Waals surface area contributed by atoms with Crippen molar-refractivity contribution in [3.05, 3.63) is 41.0 Å². The maximum Gasteiger partial charge on any atom is 0.244 e. The van der Waals surface area contributed by atoms with Crippen molar-refractivity contribution in [2.45, 2.75) is 51.0 Å². The number of thiophene rings is 1. The van der Waals surface area contributed by atoms with Crippen LogP contribution in [0.4, 0.5) is 0 Å². The molecule has 178 valence electrons. The number of sulfonamides is 1. The first-order valence-corrected chi connectivity index (χ1v) is 13.1. The molecule has 11 heteroatoms. The van der Waals surface area contributed by atoms with E-state index in [1.54, 1.807) is 37.3 Å². The lowest BCUT2D eigenvalue weighted by molar-refractivity contribution is -0.136. The van der Waals surface area contributed by atoms with E-state index in [1.807, 2.05) is 19.9 Å². The molecule has 4 rings (SSSR count). The first-order chi connectivity index (χ1) is 15.7. The van der Waals surface area contributed by atoms with Crippen molar-refractivity contribution >= 4 is 27.3 Å². The summed E-state index contributed by atoms with van der Waals surface area (Å²) in [7, 11) is -2.05. The fraction of sp³-hybridized carbons (Fsp3) is 0.500. The molecule has 33 heavy (non-hydrogen) atoms. The number of furan rings is 1. The first kappa shape index (κ1) is 23.7. The molecule has 0 aliphatic carbocycles. The van der Waals surface area contributed by atoms with Crippen molar-refractivity contribution in [3.63, 3.8) is 0 Å². The summed E-state index contributed by atoms with van der Waals surface area (Å²) >= 11 is 1.32. The fourth-order valence-electron chi connectivity index (χ4n) is 3.93. The molecule has 0 saturated carbocycles. The number of hydrogen-bond acceptors (Lipinski definition) is 8. The molecule has 1 saturated heterocycles. The summed E-state index contributed by atoms with van der Waals surface area (Å²) in [4.78, 5) is 20.5. The highest BCUT2D eigenvalue weighted by atomic mass is 32.2. The Morgan fingerprint density at radius 2 is 2.18 bits per heavy atom. The monoisotopic (exact) mass is 492 g/mol. The number of piperidine rings is 1. The predicted octanol–water partition coefficient (Wildman–Crippen LogP) is 3.88. The van der Waals surface area contributed by atoms with E-state index in [2.05, 4.69) is 10.1 Å². The highest BCUT2D eigenvalue weighted by Gasteiger charge is 2.36. The summed E-state index contributed by atoms with van der Waals surface area (Å²) in [6, 6.07) is 5.20. The van der Waals surface area contributed by atoms with Crippen molar-refractivity contribution in [1.29, 1.82) is 0 Å². The largest absolute Gasteiger partial charge is 0.467 e. The summed E-state index contributed by atoms with van der Waals surface area (Å²) < 4.78 is 39.0. The van der Waals surface area contributed by atoms with Crippen LogP contribution in [0.5, 0.6) is 0 Å². The van der Waals surface area contributed by atoms with Crippen LogP contribution in [0, 0.1) is 12.8 Å². The molecular formula is C22H28N4O5S2. The second-order valence-electron chi connectivity index (χ2n) is 8.62. The highest BCUT2D eigenvalue weighted by molar-refractivity contribution is 7.89. The third-order valence-corrected chi connectivity index (χ3v) is 8.90. The van der Waals surface area contributed by atoms with Gasteiger partial charge in [0.25, 0.3) is 0 Å². The zero-order valence-electron chi connectivity index (χ0n) is 19.1. The number of nitrogens with zero attached hydrogens (tertiary/aromatic N) is 4. The second kappa shape index (κ2) is 9.40. The van der Waals surface area contributed by atoms with Crippen LogP contribution in [0.25, 0.3) is 10.7 Å². The molecule has 0 N–H and O–H groups in total. The van der Waals surface area contributed by atoms with Gasteiger partial charge in [0.15, 0.2) is 0 Å². The lowest BCUT2D eigenvalue weighted by atomic mass is 9.98. The molecule has 0 spiro atoms. The van der Waals surface area contributed by atoms with Gasteiger partial charge in [0, 0.05) is 30.9 Å². The lowest BCUT2D eigenvalue weighted by Gasteiger charge is -2.33. The van der Waals surface area contributed by atoms with E-state index in [1.165, 1.54) is 15.6 Å². The second-order valence-corrected chi connectivity index (χ2v) is 11.8. The van der Waals surface area contributed by atoms with Gasteiger partial charge in [-0.3, -0.25) is 4.79 Å². The number of amides is 1. The van der Waals surface area contributed by atoms with Gasteiger partial charge in [-0.1, -0.05) is 19.0 Å². The van der Waals surface area contributed by atoms with Crippen molar-refractivity contribution in [1.82, 2.24) is 19.3 Å². The van der Waals surface area contributed by atoms with E-state index < -0.39 is 15.9 Å². The van der Waals surface area contributed by atoms with E-state index in [4.69, 9.17) is 8.94 Å². The Morgan fingerprint density at radius 1 is 1.39 bits per heavy atom. The summed E-state index contributed by atoms with van der Waals surface area (Å²) in [5.74, 6) is 1.20. The van der Waals surface area contributed by atoms with E-state index in [0.29, 0.717) is 53.2 Å². The summed E-state index contributed by atoms with van der Waals surface area (Å²) in [6.07, 6.45) is 2.85. The van der Waals surface area contributed by atoms with Crippen molar-refractivity contribution in [2.75, 3.05) is 20.1 Å². The van der Waals surface area contributed by atoms with Crippen LogP contribution in [0.3, 0.4) is 0 Å². The minimum absolute atomic E-state index is 0.0814. The molecule has 1 aliphatic heterocycles. The normalized spacial score (nSPS) is 17.5. The summed E-state index contributed by atoms with van der Waals surface area (Å²) in [5.41, 5.74) is 0. The van der Waals surface area contributed by atoms with Gasteiger partial charge >= 0.3 is 0 Å². The lowest BCUT2D eigenvalue weighted by Crippen LogP contribution is -2.45. The molecule has 0 radical (unpaired) electrons. The Kier molecular flexibility index (Phi) is 6.73. The Hall–Kier alpha value is -2.50. The maximum absolute atomic E-state index is 13.5. The minimum Gasteiger partial charge on any atom is -0.467 e. The average Bonchev–Trinajstić information content (AvgIpc) is 3.54. The molecule has 3 aromatic heterocycles. The number of carbonyl (C=O) groups excluding carboxylic acids is 1. The zero-order valence-corrected chi connectivity index (χ0v) is 20.8. The molecule has 9 nitrogen and oxygen atoms in total. The molecule has 4 heterocycles. The summed E-state index contributed by atoms with van der Waals surface area (Å²) in [5, 5.41) is 4.00. The van der Waals surface area contributed by atoms with E-state index in [-0.39, 0.29) is 23.3 Å². The predicted molar refractivity (Wildman–Crippen MR) is 123 cm³/mol. The van der Waals surface area contributed by atoms with Gasteiger partial charge in [-0.15, -0.1) is 11.3 Å². The standard InChI is InChI=1S/C22H28N4O5S2/c1-14(2)21-23-20(24-31-21)18-11-19(15(3)32-18)33(28,29)26-9-5-7-16(12-26)22(27)25(4)13-17-8-6-10-30-17/h6,8,10-11,14,16H,5,7,9,12-13H2,1-4H3/t16-/m1/s1. The van der Waals surface area contributed by atoms with Crippen molar-refractivity contribution in [2.24, 2.45) is 5.92 Å². The molecule has 0 unspecified atom stereocenters. The maximum atomic E-state index is 13.5. The van der Waals surface area contributed by atoms with Crippen LogP contribution in [0.1, 0.15) is 49.1 Å². The Balaban J connectivity index is 1.51. The van der Waals surface area contributed by atoms with Gasteiger partial charge in [0.1, 0.15) is 5.76 Å². The van der Waals surface area contributed by atoms with Gasteiger partial charge in [0.05, 0.1) is 28.5 Å². The van der Waals surface area contributed by atoms with Crippen molar-refractivity contribution in [3.8, 4) is 10.7 Å². The van der Waals surface area contributed by atoms with Gasteiger partial charge in [-0.25, -0.2) is 8.42 Å². The van der Waals surface area contributed by atoms with Crippen LogP contribution in [0.15, 0.2) is 38.3 Å². The quantitative estimate of drug-likeness (QED) is 0.492. The minimum atomic E-state index is -3.76. The Labute approximate surface area is 197 Å². The van der Waals surface area contributed by atoms with Crippen LogP contribution >= 0.6 is 11.3 Å². The molecule has 3 aromatic rings. The molecule has 1 atom stereocenters. The molecule has 0 aromatic carbocycles. The number of aryl methyl sites for hydroxylation is 1. The Morgan fingerprint density at radius 3 is 2.85 bits per heavy atom. The highest BCUT2D eigenvalue weighted by Crippen LogP contribution is 2.35. The first-order valence-electron chi connectivity index (χ1n) is 10.9. The number of carbonyl (C=O) groups is 1. The fourth-order valence-corrected chi connectivity index (χ4v) is 6.94. The number of rotatable bonds is 7. The van der Waals surface area contributed by atoms with Gasteiger partial charge in [-0.2, -0.15) is 9.29 Å². The van der Waals surface area contributed by atoms with Crippen LogP contribution < -0.4 is 0 Å². The van der Waals surface area contributed by atoms with Gasteiger partial charge in [-0.05, 0) is 38.0 Å². The average molecular weight is 493 g/mol. The van der Waals surface area contributed by atoms with Gasteiger partial charge < -0.3 is 13.8 Å². The molecule has 1 aliphatic rings. The van der Waals surface area contributed by atoms with E-state index in [0.717, 1.165) is 0 Å². The molecule has 1 fully saturated rings. The Bertz CT molecular complexity index is 1210. The summed E-state index contributed by atoms with van der Waals surface area (Å²) in [6.45, 7) is 6.58. The van der Waals surface area contributed by atoms with Crippen molar-refractivity contribution < 1.29 is 22.2 Å². The molecule has 0 bridgehead atoms. The number of aromatic nitrogens is 2. The van der Waals surface area contributed by atoms with Gasteiger partial charge in [0.2, 0.25) is 27.6 Å². The smallest absolute Gasteiger partial charge is 0.244 e.